The number of hydrogen-bond donors (Lipinski definition) is 2. The van der Waals surface area contributed by atoms with Gasteiger partial charge in [-0.1, -0.05) is 0 Å². The Morgan fingerprint density at radius 2 is 2.30 bits per heavy atom. The molecule has 0 spiro atoms. The number of anilines is 1. The molecule has 1 unspecified atom stereocenters. The minimum atomic E-state index is -1.09. The molecular weight excluding hydrogens is 262 g/mol. The summed E-state index contributed by atoms with van der Waals surface area (Å²) in [6.45, 7) is 1.25. The molecule has 1 heterocycles. The summed E-state index contributed by atoms with van der Waals surface area (Å²) in [7, 11) is 1.49. The summed E-state index contributed by atoms with van der Waals surface area (Å²) in [5.41, 5.74) is 5.82. The van der Waals surface area contributed by atoms with E-state index in [9.17, 15) is 4.79 Å². The third-order valence-electron chi connectivity index (χ3n) is 3.29. The number of nitrogens with two attached hydrogens (primary N) is 1. The summed E-state index contributed by atoms with van der Waals surface area (Å²) in [6, 6.07) is 2.86. The van der Waals surface area contributed by atoms with Crippen molar-refractivity contribution >= 4 is 11.7 Å². The monoisotopic (exact) mass is 281 g/mol. The zero-order chi connectivity index (χ0) is 14.5. The van der Waals surface area contributed by atoms with E-state index in [0.29, 0.717) is 18.1 Å². The molecule has 110 valence electrons. The van der Waals surface area contributed by atoms with E-state index in [1.165, 1.54) is 19.2 Å². The van der Waals surface area contributed by atoms with Gasteiger partial charge in [0.25, 0.3) is 0 Å². The molecule has 1 saturated heterocycles. The van der Waals surface area contributed by atoms with Gasteiger partial charge in [-0.2, -0.15) is 0 Å². The van der Waals surface area contributed by atoms with Crippen LogP contribution in [0.15, 0.2) is 12.1 Å². The highest BCUT2D eigenvalue weighted by atomic mass is 16.5. The van der Waals surface area contributed by atoms with Crippen LogP contribution in [0, 0.1) is 0 Å². The van der Waals surface area contributed by atoms with Crippen molar-refractivity contribution in [1.29, 1.82) is 0 Å². The van der Waals surface area contributed by atoms with Crippen molar-refractivity contribution in [3.63, 3.8) is 0 Å². The van der Waals surface area contributed by atoms with Crippen molar-refractivity contribution in [2.75, 3.05) is 26.1 Å². The molecule has 1 fully saturated rings. The normalized spacial score (nSPS) is 17.9. The summed E-state index contributed by atoms with van der Waals surface area (Å²) in [5.74, 6) is -0.272. The van der Waals surface area contributed by atoms with Crippen LogP contribution in [-0.4, -0.2) is 37.5 Å². The zero-order valence-corrected chi connectivity index (χ0v) is 11.4. The van der Waals surface area contributed by atoms with Crippen molar-refractivity contribution in [2.45, 2.75) is 25.4 Å². The summed E-state index contributed by atoms with van der Waals surface area (Å²) in [6.07, 6.45) is 3.13. The molecule has 0 amide bonds. The molecule has 0 bridgehead atoms. The molecule has 3 N–H and O–H groups in total. The molecule has 1 aliphatic heterocycles. The maximum absolute atomic E-state index is 11.1. The lowest BCUT2D eigenvalue weighted by Crippen LogP contribution is -2.12. The lowest BCUT2D eigenvalue weighted by Gasteiger charge is -2.14. The molecule has 1 aromatic rings. The van der Waals surface area contributed by atoms with Crippen molar-refractivity contribution in [1.82, 2.24) is 0 Å². The Labute approximate surface area is 117 Å². The highest BCUT2D eigenvalue weighted by molar-refractivity contribution is 5.94. The van der Waals surface area contributed by atoms with Crippen molar-refractivity contribution in [2.24, 2.45) is 0 Å². The van der Waals surface area contributed by atoms with E-state index < -0.39 is 5.97 Å². The third kappa shape index (κ3) is 3.33. The molecule has 0 aliphatic carbocycles. The summed E-state index contributed by atoms with van der Waals surface area (Å²) < 4.78 is 16.3. The lowest BCUT2D eigenvalue weighted by atomic mass is 10.1. The SMILES string of the molecule is COc1cc(N)c(C(=O)O)cc1OCCC1CCCO1. The Balaban J connectivity index is 2.04. The van der Waals surface area contributed by atoms with Gasteiger partial charge in [-0.3, -0.25) is 0 Å². The van der Waals surface area contributed by atoms with Gasteiger partial charge in [0.1, 0.15) is 0 Å². The average molecular weight is 281 g/mol. The Kier molecular flexibility index (Phi) is 4.68. The van der Waals surface area contributed by atoms with Crippen LogP contribution in [0.5, 0.6) is 11.5 Å². The maximum Gasteiger partial charge on any atom is 0.337 e. The molecule has 2 rings (SSSR count). The number of aromatic carboxylic acids is 1. The minimum absolute atomic E-state index is 0.0120. The Morgan fingerprint density at radius 1 is 1.50 bits per heavy atom. The molecular formula is C14H19NO5. The number of carbonyl (C=O) groups is 1. The van der Waals surface area contributed by atoms with Crippen LogP contribution in [0.25, 0.3) is 0 Å². The third-order valence-corrected chi connectivity index (χ3v) is 3.29. The lowest BCUT2D eigenvalue weighted by molar-refractivity contribution is 0.0696. The van der Waals surface area contributed by atoms with Crippen LogP contribution in [0.4, 0.5) is 5.69 Å². The number of methoxy groups -OCH3 is 1. The van der Waals surface area contributed by atoms with Crippen molar-refractivity contribution in [3.8, 4) is 11.5 Å². The van der Waals surface area contributed by atoms with Gasteiger partial charge >= 0.3 is 5.97 Å². The predicted molar refractivity (Wildman–Crippen MR) is 73.5 cm³/mol. The fraction of sp³-hybridized carbons (Fsp3) is 0.500. The first-order valence-corrected chi connectivity index (χ1v) is 6.57. The number of nitrogen functional groups attached to an aromatic ring is 1. The smallest absolute Gasteiger partial charge is 0.337 e. The van der Waals surface area contributed by atoms with Gasteiger partial charge in [0.15, 0.2) is 11.5 Å². The van der Waals surface area contributed by atoms with Gasteiger partial charge < -0.3 is 25.1 Å². The maximum atomic E-state index is 11.1. The van der Waals surface area contributed by atoms with Gasteiger partial charge in [0.2, 0.25) is 0 Å². The number of carboxylic acids is 1. The number of carboxylic acid groups (broad SMARTS) is 1. The second-order valence-electron chi connectivity index (χ2n) is 4.67. The molecule has 0 aromatic heterocycles. The number of benzene rings is 1. The van der Waals surface area contributed by atoms with Crippen molar-refractivity contribution < 1.29 is 24.1 Å². The first-order valence-electron chi connectivity index (χ1n) is 6.57. The zero-order valence-electron chi connectivity index (χ0n) is 11.4. The van der Waals surface area contributed by atoms with E-state index in [-0.39, 0.29) is 17.4 Å². The molecule has 0 saturated carbocycles. The van der Waals surface area contributed by atoms with Crippen LogP contribution < -0.4 is 15.2 Å². The van der Waals surface area contributed by atoms with Crippen molar-refractivity contribution in [3.05, 3.63) is 17.7 Å². The van der Waals surface area contributed by atoms with Gasteiger partial charge in [0.05, 0.1) is 31.1 Å². The molecule has 6 nitrogen and oxygen atoms in total. The molecule has 6 heteroatoms. The predicted octanol–water partition coefficient (Wildman–Crippen LogP) is 1.92. The van der Waals surface area contributed by atoms with Crippen LogP contribution in [-0.2, 0) is 4.74 Å². The molecule has 1 atom stereocenters. The van der Waals surface area contributed by atoms with Crippen LogP contribution >= 0.6 is 0 Å². The number of rotatable bonds is 6. The fourth-order valence-corrected chi connectivity index (χ4v) is 2.21. The van der Waals surface area contributed by atoms with Gasteiger partial charge in [-0.15, -0.1) is 0 Å². The molecule has 1 aliphatic rings. The average Bonchev–Trinajstić information content (AvgIpc) is 2.92. The summed E-state index contributed by atoms with van der Waals surface area (Å²) in [5, 5.41) is 9.06. The molecule has 20 heavy (non-hydrogen) atoms. The Hall–Kier alpha value is -1.95. The van der Waals surface area contributed by atoms with Gasteiger partial charge in [-0.05, 0) is 12.8 Å². The van der Waals surface area contributed by atoms with E-state index in [1.807, 2.05) is 0 Å². The largest absolute Gasteiger partial charge is 0.493 e. The van der Waals surface area contributed by atoms with E-state index in [1.54, 1.807) is 0 Å². The van der Waals surface area contributed by atoms with Gasteiger partial charge in [-0.25, -0.2) is 4.79 Å². The summed E-state index contributed by atoms with van der Waals surface area (Å²) >= 11 is 0. The first-order chi connectivity index (χ1) is 9.61. The minimum Gasteiger partial charge on any atom is -0.493 e. The van der Waals surface area contributed by atoms with E-state index in [2.05, 4.69) is 0 Å². The topological polar surface area (TPSA) is 91.0 Å². The van der Waals surface area contributed by atoms with Crippen LogP contribution in [0.3, 0.4) is 0 Å². The highest BCUT2D eigenvalue weighted by Crippen LogP contribution is 2.32. The fourth-order valence-electron chi connectivity index (χ4n) is 2.21. The van der Waals surface area contributed by atoms with E-state index in [0.717, 1.165) is 25.9 Å². The van der Waals surface area contributed by atoms with E-state index >= 15 is 0 Å². The highest BCUT2D eigenvalue weighted by Gasteiger charge is 2.17. The quantitative estimate of drug-likeness (QED) is 0.774. The standard InChI is InChI=1S/C14H19NO5/c1-18-12-8-11(15)10(14(16)17)7-13(12)20-6-4-9-3-2-5-19-9/h7-9H,2-6,15H2,1H3,(H,16,17). The first kappa shape index (κ1) is 14.5. The second-order valence-corrected chi connectivity index (χ2v) is 4.67. The Bertz CT molecular complexity index is 483. The molecule has 1 aromatic carbocycles. The summed E-state index contributed by atoms with van der Waals surface area (Å²) in [4.78, 5) is 11.1. The second kappa shape index (κ2) is 6.47. The van der Waals surface area contributed by atoms with Crippen LogP contribution in [0.1, 0.15) is 29.6 Å². The number of ether oxygens (including phenoxy) is 3. The number of hydrogen-bond acceptors (Lipinski definition) is 5. The Morgan fingerprint density at radius 3 is 2.90 bits per heavy atom. The van der Waals surface area contributed by atoms with Gasteiger partial charge in [0, 0.05) is 25.2 Å². The van der Waals surface area contributed by atoms with Crippen LogP contribution in [0.2, 0.25) is 0 Å². The van der Waals surface area contributed by atoms with E-state index in [4.69, 9.17) is 25.1 Å². The molecule has 0 radical (unpaired) electrons.